The van der Waals surface area contributed by atoms with E-state index in [0.29, 0.717) is 12.5 Å². The molecule has 0 saturated heterocycles. The molecular formula is C12H14F2N2OS. The maximum absolute atomic E-state index is 12.7. The minimum Gasteiger partial charge on any atom is -0.476 e. The van der Waals surface area contributed by atoms with E-state index >= 15 is 0 Å². The highest BCUT2D eigenvalue weighted by molar-refractivity contribution is 7.98. The number of nitrogens with zero attached hydrogens (tertiary/aromatic N) is 2. The van der Waals surface area contributed by atoms with Crippen molar-refractivity contribution in [3.8, 4) is 5.88 Å². The largest absolute Gasteiger partial charge is 0.476 e. The molecule has 0 atom stereocenters. The quantitative estimate of drug-likeness (QED) is 0.847. The van der Waals surface area contributed by atoms with Crippen LogP contribution in [-0.4, -0.2) is 28.5 Å². The molecule has 0 unspecified atom stereocenters. The van der Waals surface area contributed by atoms with Crippen molar-refractivity contribution in [2.24, 2.45) is 5.92 Å². The molecule has 0 aromatic carbocycles. The first-order chi connectivity index (χ1) is 8.62. The third-order valence-electron chi connectivity index (χ3n) is 3.32. The maximum Gasteiger partial charge on any atom is 0.248 e. The second-order valence-electron chi connectivity index (χ2n) is 4.90. The minimum absolute atomic E-state index is 0.0489. The number of hydrogen-bond acceptors (Lipinski definition) is 4. The van der Waals surface area contributed by atoms with E-state index in [1.54, 1.807) is 0 Å². The molecule has 3 nitrogen and oxygen atoms in total. The Morgan fingerprint density at radius 2 is 2.22 bits per heavy atom. The SMILES string of the molecule is FC1(F)CC(COc2cc3c(nn2)CCSC3)C1. The zero-order chi connectivity index (χ0) is 12.6. The first kappa shape index (κ1) is 12.1. The molecule has 2 heterocycles. The summed E-state index contributed by atoms with van der Waals surface area (Å²) in [6.07, 6.45) is 0.810. The molecule has 1 fully saturated rings. The van der Waals surface area contributed by atoms with Crippen LogP contribution in [0.1, 0.15) is 24.1 Å². The summed E-state index contributed by atoms with van der Waals surface area (Å²) in [5.74, 6) is -0.0489. The van der Waals surface area contributed by atoms with Gasteiger partial charge in [-0.15, -0.1) is 5.10 Å². The van der Waals surface area contributed by atoms with Crippen LogP contribution < -0.4 is 4.74 Å². The van der Waals surface area contributed by atoms with Gasteiger partial charge in [-0.1, -0.05) is 0 Å². The van der Waals surface area contributed by atoms with E-state index in [-0.39, 0.29) is 18.8 Å². The van der Waals surface area contributed by atoms with E-state index in [2.05, 4.69) is 10.2 Å². The Kier molecular flexibility index (Phi) is 3.13. The Morgan fingerprint density at radius 3 is 3.00 bits per heavy atom. The Bertz CT molecular complexity index is 448. The minimum atomic E-state index is -2.48. The molecule has 1 aromatic heterocycles. The van der Waals surface area contributed by atoms with Gasteiger partial charge in [0.1, 0.15) is 0 Å². The predicted octanol–water partition coefficient (Wildman–Crippen LogP) is 2.69. The van der Waals surface area contributed by atoms with Crippen LogP contribution in [0.5, 0.6) is 5.88 Å². The lowest BCUT2D eigenvalue weighted by Gasteiger charge is -2.34. The molecular weight excluding hydrogens is 258 g/mol. The fourth-order valence-corrected chi connectivity index (χ4v) is 3.25. The van der Waals surface area contributed by atoms with Crippen LogP contribution in [0.25, 0.3) is 0 Å². The van der Waals surface area contributed by atoms with Gasteiger partial charge >= 0.3 is 0 Å². The summed E-state index contributed by atoms with van der Waals surface area (Å²) in [6.45, 7) is 0.316. The zero-order valence-electron chi connectivity index (χ0n) is 9.86. The van der Waals surface area contributed by atoms with E-state index in [1.165, 1.54) is 0 Å². The van der Waals surface area contributed by atoms with Crippen LogP contribution in [0.3, 0.4) is 0 Å². The monoisotopic (exact) mass is 272 g/mol. The number of thioether (sulfide) groups is 1. The fraction of sp³-hybridized carbons (Fsp3) is 0.667. The van der Waals surface area contributed by atoms with Crippen LogP contribution in [-0.2, 0) is 12.2 Å². The first-order valence-electron chi connectivity index (χ1n) is 6.06. The molecule has 0 radical (unpaired) electrons. The number of ether oxygens (including phenoxy) is 1. The van der Waals surface area contributed by atoms with Gasteiger partial charge in [0.2, 0.25) is 11.8 Å². The van der Waals surface area contributed by atoms with Crippen molar-refractivity contribution in [3.63, 3.8) is 0 Å². The second-order valence-corrected chi connectivity index (χ2v) is 6.00. The van der Waals surface area contributed by atoms with E-state index in [9.17, 15) is 8.78 Å². The Hall–Kier alpha value is -0.910. The first-order valence-corrected chi connectivity index (χ1v) is 7.22. The highest BCUT2D eigenvalue weighted by Crippen LogP contribution is 2.42. The summed E-state index contributed by atoms with van der Waals surface area (Å²) in [4.78, 5) is 0. The Balaban J connectivity index is 1.57. The third-order valence-corrected chi connectivity index (χ3v) is 4.33. The highest BCUT2D eigenvalue weighted by Gasteiger charge is 2.45. The molecule has 6 heteroatoms. The summed E-state index contributed by atoms with van der Waals surface area (Å²) in [6, 6.07) is 1.89. The number of aryl methyl sites for hydroxylation is 1. The molecule has 98 valence electrons. The summed E-state index contributed by atoms with van der Waals surface area (Å²) in [7, 11) is 0. The molecule has 1 aliphatic heterocycles. The predicted molar refractivity (Wildman–Crippen MR) is 65.1 cm³/mol. The Morgan fingerprint density at radius 1 is 1.39 bits per heavy atom. The number of aromatic nitrogens is 2. The molecule has 0 N–H and O–H groups in total. The summed E-state index contributed by atoms with van der Waals surface area (Å²) < 4.78 is 30.8. The highest BCUT2D eigenvalue weighted by atomic mass is 32.2. The van der Waals surface area contributed by atoms with Crippen LogP contribution in [0.4, 0.5) is 8.78 Å². The summed E-state index contributed by atoms with van der Waals surface area (Å²) >= 11 is 1.86. The standard InChI is InChI=1S/C12H14F2N2OS/c13-12(14)4-8(5-12)6-17-11-3-9-7-18-2-1-10(9)15-16-11/h3,8H,1-2,4-7H2. The molecule has 0 bridgehead atoms. The summed E-state index contributed by atoms with van der Waals surface area (Å²) in [5, 5.41) is 8.12. The summed E-state index contributed by atoms with van der Waals surface area (Å²) in [5.41, 5.74) is 2.20. The molecule has 0 spiro atoms. The van der Waals surface area contributed by atoms with Gasteiger partial charge < -0.3 is 4.74 Å². The topological polar surface area (TPSA) is 35.0 Å². The van der Waals surface area contributed by atoms with Gasteiger partial charge in [-0.05, 0) is 11.3 Å². The average Bonchev–Trinajstić information content (AvgIpc) is 2.33. The van der Waals surface area contributed by atoms with Gasteiger partial charge in [-0.25, -0.2) is 8.78 Å². The van der Waals surface area contributed by atoms with E-state index < -0.39 is 5.92 Å². The molecule has 1 aliphatic carbocycles. The normalized spacial score (nSPS) is 22.1. The van der Waals surface area contributed by atoms with E-state index in [0.717, 1.165) is 29.2 Å². The fourth-order valence-electron chi connectivity index (χ4n) is 2.30. The van der Waals surface area contributed by atoms with Crippen LogP contribution in [0, 0.1) is 5.92 Å². The Labute approximate surface area is 108 Å². The van der Waals surface area contributed by atoms with Gasteiger partial charge in [-0.2, -0.15) is 16.9 Å². The smallest absolute Gasteiger partial charge is 0.248 e. The van der Waals surface area contributed by atoms with E-state index in [1.807, 2.05) is 17.8 Å². The lowest BCUT2D eigenvalue weighted by molar-refractivity contribution is -0.119. The lowest BCUT2D eigenvalue weighted by Crippen LogP contribution is -2.38. The van der Waals surface area contributed by atoms with Crippen molar-refractivity contribution in [1.82, 2.24) is 10.2 Å². The van der Waals surface area contributed by atoms with Gasteiger partial charge in [0.25, 0.3) is 0 Å². The molecule has 1 saturated carbocycles. The molecule has 3 rings (SSSR count). The zero-order valence-corrected chi connectivity index (χ0v) is 10.7. The van der Waals surface area contributed by atoms with Crippen molar-refractivity contribution >= 4 is 11.8 Å². The maximum atomic E-state index is 12.7. The van der Waals surface area contributed by atoms with E-state index in [4.69, 9.17) is 4.74 Å². The number of alkyl halides is 2. The van der Waals surface area contributed by atoms with Gasteiger partial charge in [0, 0.05) is 37.0 Å². The van der Waals surface area contributed by atoms with Crippen molar-refractivity contribution in [2.75, 3.05) is 12.4 Å². The number of rotatable bonds is 3. The third kappa shape index (κ3) is 2.58. The second kappa shape index (κ2) is 4.64. The van der Waals surface area contributed by atoms with Gasteiger partial charge in [-0.3, -0.25) is 0 Å². The number of fused-ring (bicyclic) bond motifs is 1. The number of hydrogen-bond donors (Lipinski definition) is 0. The lowest BCUT2D eigenvalue weighted by atomic mass is 9.82. The van der Waals surface area contributed by atoms with Crippen molar-refractivity contribution in [1.29, 1.82) is 0 Å². The van der Waals surface area contributed by atoms with Crippen LogP contribution in [0.15, 0.2) is 6.07 Å². The molecule has 18 heavy (non-hydrogen) atoms. The van der Waals surface area contributed by atoms with Crippen LogP contribution >= 0.6 is 11.8 Å². The van der Waals surface area contributed by atoms with Crippen molar-refractivity contribution in [2.45, 2.75) is 30.9 Å². The van der Waals surface area contributed by atoms with Gasteiger partial charge in [0.15, 0.2) is 0 Å². The molecule has 2 aliphatic rings. The number of halogens is 2. The molecule has 0 amide bonds. The molecule has 1 aromatic rings. The van der Waals surface area contributed by atoms with Crippen molar-refractivity contribution < 1.29 is 13.5 Å². The van der Waals surface area contributed by atoms with Crippen LogP contribution in [0.2, 0.25) is 0 Å². The average molecular weight is 272 g/mol. The van der Waals surface area contributed by atoms with Crippen molar-refractivity contribution in [3.05, 3.63) is 17.3 Å². The van der Waals surface area contributed by atoms with Gasteiger partial charge in [0.05, 0.1) is 12.3 Å².